The lowest BCUT2D eigenvalue weighted by atomic mass is 10.5. The van der Waals surface area contributed by atoms with E-state index in [1.807, 2.05) is 5.32 Å². The monoisotopic (exact) mass is 240 g/mol. The average Bonchev–Trinajstić information content (AvgIpc) is 2.12. The molecule has 0 rings (SSSR count). The molecule has 0 saturated heterocycles. The van der Waals surface area contributed by atoms with Gasteiger partial charge in [-0.2, -0.15) is 0 Å². The number of nitrogens with one attached hydrogen (secondary N) is 2. The standard InChI is InChI=1S/C7H13ClN2O3S/c1-14(13)4-2-3-9-7(12)10-6(11)5-8/h2-5H2,1H3,(H2,9,10,11,12). The second-order valence-electron chi connectivity index (χ2n) is 2.57. The highest BCUT2D eigenvalue weighted by Crippen LogP contribution is 1.81. The Bertz CT molecular complexity index is 235. The van der Waals surface area contributed by atoms with Crippen molar-refractivity contribution < 1.29 is 13.8 Å². The summed E-state index contributed by atoms with van der Waals surface area (Å²) in [6.45, 7) is 0.390. The van der Waals surface area contributed by atoms with E-state index in [9.17, 15) is 13.8 Å². The third-order valence-electron chi connectivity index (χ3n) is 1.27. The summed E-state index contributed by atoms with van der Waals surface area (Å²) in [6.07, 6.45) is 2.21. The van der Waals surface area contributed by atoms with Crippen molar-refractivity contribution in [2.75, 3.05) is 24.4 Å². The number of carbonyl (C=O) groups excluding carboxylic acids is 2. The Labute approximate surface area is 90.0 Å². The largest absolute Gasteiger partial charge is 0.338 e. The summed E-state index contributed by atoms with van der Waals surface area (Å²) >= 11 is 5.17. The van der Waals surface area contributed by atoms with Crippen molar-refractivity contribution in [1.82, 2.24) is 10.6 Å². The van der Waals surface area contributed by atoms with Crippen LogP contribution in [0.5, 0.6) is 0 Å². The molecule has 0 aliphatic rings. The molecule has 0 aliphatic carbocycles. The Morgan fingerprint density at radius 1 is 1.43 bits per heavy atom. The van der Waals surface area contributed by atoms with Crippen LogP contribution in [0.25, 0.3) is 0 Å². The van der Waals surface area contributed by atoms with Gasteiger partial charge in [0.1, 0.15) is 5.88 Å². The van der Waals surface area contributed by atoms with E-state index in [0.29, 0.717) is 18.7 Å². The van der Waals surface area contributed by atoms with Gasteiger partial charge in [-0.05, 0) is 6.42 Å². The van der Waals surface area contributed by atoms with E-state index in [1.165, 1.54) is 0 Å². The number of carbonyl (C=O) groups is 2. The summed E-state index contributed by atoms with van der Waals surface area (Å²) in [6, 6.07) is -0.572. The second kappa shape index (κ2) is 7.75. The predicted octanol–water partition coefficient (Wildman–Crippen LogP) is -0.180. The molecule has 14 heavy (non-hydrogen) atoms. The molecule has 0 fully saturated rings. The first-order valence-corrected chi connectivity index (χ1v) is 6.26. The maximum Gasteiger partial charge on any atom is 0.321 e. The summed E-state index contributed by atoms with van der Waals surface area (Å²) in [5.41, 5.74) is 0. The Morgan fingerprint density at radius 2 is 2.07 bits per heavy atom. The number of imide groups is 1. The molecule has 82 valence electrons. The van der Waals surface area contributed by atoms with Crippen molar-refractivity contribution in [3.05, 3.63) is 0 Å². The van der Waals surface area contributed by atoms with Gasteiger partial charge in [0.15, 0.2) is 0 Å². The van der Waals surface area contributed by atoms with E-state index in [2.05, 4.69) is 5.32 Å². The van der Waals surface area contributed by atoms with Crippen LogP contribution in [0.2, 0.25) is 0 Å². The van der Waals surface area contributed by atoms with Crippen molar-refractivity contribution in [3.8, 4) is 0 Å². The Balaban J connectivity index is 3.45. The van der Waals surface area contributed by atoms with Crippen LogP contribution >= 0.6 is 11.6 Å². The van der Waals surface area contributed by atoms with Gasteiger partial charge in [-0.15, -0.1) is 11.6 Å². The molecule has 0 radical (unpaired) electrons. The van der Waals surface area contributed by atoms with Crippen LogP contribution in [0.3, 0.4) is 0 Å². The number of rotatable bonds is 5. The Kier molecular flexibility index (Phi) is 7.41. The SMILES string of the molecule is CS(=O)CCCNC(=O)NC(=O)CCl. The molecule has 0 heterocycles. The van der Waals surface area contributed by atoms with Crippen LogP contribution in [0.15, 0.2) is 0 Å². The topological polar surface area (TPSA) is 75.3 Å². The minimum Gasteiger partial charge on any atom is -0.338 e. The van der Waals surface area contributed by atoms with Gasteiger partial charge in [-0.3, -0.25) is 14.3 Å². The van der Waals surface area contributed by atoms with Gasteiger partial charge in [0, 0.05) is 29.4 Å². The van der Waals surface area contributed by atoms with Crippen molar-refractivity contribution in [1.29, 1.82) is 0 Å². The quantitative estimate of drug-likeness (QED) is 0.517. The van der Waals surface area contributed by atoms with Crippen molar-refractivity contribution in [3.63, 3.8) is 0 Å². The Hall–Kier alpha value is -0.620. The van der Waals surface area contributed by atoms with Crippen molar-refractivity contribution in [2.45, 2.75) is 6.42 Å². The molecule has 2 N–H and O–H groups in total. The van der Waals surface area contributed by atoms with Crippen molar-refractivity contribution in [2.24, 2.45) is 0 Å². The second-order valence-corrected chi connectivity index (χ2v) is 4.39. The maximum atomic E-state index is 10.9. The average molecular weight is 241 g/mol. The normalized spacial score (nSPS) is 11.9. The summed E-state index contributed by atoms with van der Waals surface area (Å²) in [4.78, 5) is 21.5. The molecule has 0 aliphatic heterocycles. The third-order valence-corrected chi connectivity index (χ3v) is 2.37. The van der Waals surface area contributed by atoms with Crippen LogP contribution in [0.1, 0.15) is 6.42 Å². The molecule has 0 spiro atoms. The molecule has 7 heteroatoms. The highest BCUT2D eigenvalue weighted by molar-refractivity contribution is 7.84. The zero-order valence-electron chi connectivity index (χ0n) is 7.84. The van der Waals surface area contributed by atoms with E-state index in [-0.39, 0.29) is 5.88 Å². The van der Waals surface area contributed by atoms with Gasteiger partial charge >= 0.3 is 6.03 Å². The highest BCUT2D eigenvalue weighted by atomic mass is 35.5. The molecule has 0 aromatic heterocycles. The van der Waals surface area contributed by atoms with Crippen LogP contribution in [0.4, 0.5) is 4.79 Å². The summed E-state index contributed by atoms with van der Waals surface area (Å²) in [5.74, 6) is -0.251. The van der Waals surface area contributed by atoms with Crippen LogP contribution in [0, 0.1) is 0 Å². The van der Waals surface area contributed by atoms with E-state index >= 15 is 0 Å². The Morgan fingerprint density at radius 3 is 2.57 bits per heavy atom. The zero-order chi connectivity index (χ0) is 11.0. The number of urea groups is 1. The molecule has 0 aromatic carbocycles. The van der Waals surface area contributed by atoms with Crippen LogP contribution in [-0.2, 0) is 15.6 Å². The van der Waals surface area contributed by atoms with E-state index in [1.54, 1.807) is 6.26 Å². The number of halogens is 1. The lowest BCUT2D eigenvalue weighted by Gasteiger charge is -2.04. The lowest BCUT2D eigenvalue weighted by molar-refractivity contribution is -0.117. The molecule has 0 saturated carbocycles. The summed E-state index contributed by atoms with van der Waals surface area (Å²) < 4.78 is 10.6. The predicted molar refractivity (Wildman–Crippen MR) is 55.8 cm³/mol. The van der Waals surface area contributed by atoms with Gasteiger partial charge in [0.2, 0.25) is 5.91 Å². The van der Waals surface area contributed by atoms with Gasteiger partial charge in [0.25, 0.3) is 0 Å². The minimum atomic E-state index is -0.852. The molecular formula is C7H13ClN2O3S. The van der Waals surface area contributed by atoms with E-state index < -0.39 is 22.7 Å². The molecule has 3 amide bonds. The van der Waals surface area contributed by atoms with Gasteiger partial charge in [-0.1, -0.05) is 0 Å². The first-order valence-electron chi connectivity index (χ1n) is 4.00. The molecule has 0 aromatic rings. The number of alkyl halides is 1. The first-order chi connectivity index (χ1) is 6.56. The van der Waals surface area contributed by atoms with E-state index in [0.717, 1.165) is 0 Å². The molecule has 5 nitrogen and oxygen atoms in total. The zero-order valence-corrected chi connectivity index (χ0v) is 9.41. The van der Waals surface area contributed by atoms with Gasteiger partial charge in [-0.25, -0.2) is 4.79 Å². The van der Waals surface area contributed by atoms with Gasteiger partial charge in [0.05, 0.1) is 0 Å². The lowest BCUT2D eigenvalue weighted by Crippen LogP contribution is -2.40. The fourth-order valence-corrected chi connectivity index (χ4v) is 1.30. The van der Waals surface area contributed by atoms with Crippen molar-refractivity contribution >= 4 is 34.3 Å². The summed E-state index contributed by atoms with van der Waals surface area (Å²) in [5, 5.41) is 4.46. The molecular weight excluding hydrogens is 228 g/mol. The number of hydrogen-bond acceptors (Lipinski definition) is 3. The third kappa shape index (κ3) is 8.00. The fourth-order valence-electron chi connectivity index (χ4n) is 0.682. The maximum absolute atomic E-state index is 10.9. The molecule has 1 atom stereocenters. The fraction of sp³-hybridized carbons (Fsp3) is 0.714. The highest BCUT2D eigenvalue weighted by Gasteiger charge is 2.04. The number of hydrogen-bond donors (Lipinski definition) is 2. The molecule has 1 unspecified atom stereocenters. The molecule has 0 bridgehead atoms. The van der Waals surface area contributed by atoms with Crippen LogP contribution < -0.4 is 10.6 Å². The van der Waals surface area contributed by atoms with Crippen LogP contribution in [-0.4, -0.2) is 40.6 Å². The van der Waals surface area contributed by atoms with Gasteiger partial charge < -0.3 is 5.32 Å². The minimum absolute atomic E-state index is 0.244. The van der Waals surface area contributed by atoms with E-state index in [4.69, 9.17) is 11.6 Å². The number of amides is 3. The summed E-state index contributed by atoms with van der Waals surface area (Å²) in [7, 11) is -0.852. The first kappa shape index (κ1) is 13.4. The smallest absolute Gasteiger partial charge is 0.321 e.